The van der Waals surface area contributed by atoms with Crippen molar-refractivity contribution in [3.05, 3.63) is 12.0 Å². The molecule has 1 saturated heterocycles. The molecule has 1 aromatic heterocycles. The Hall–Kier alpha value is -1.81. The van der Waals surface area contributed by atoms with Crippen LogP contribution in [0.1, 0.15) is 16.7 Å². The topological polar surface area (TPSA) is 129 Å². The summed E-state index contributed by atoms with van der Waals surface area (Å²) < 4.78 is 6.81. The molecule has 0 saturated carbocycles. The highest BCUT2D eigenvalue weighted by atomic mass is 16.6. The molecule has 0 aromatic carbocycles. The fraction of sp³-hybridized carbons (Fsp3) is 0.545. The summed E-state index contributed by atoms with van der Waals surface area (Å²) in [6.45, 7) is -0.424. The van der Waals surface area contributed by atoms with Gasteiger partial charge < -0.3 is 25.4 Å². The molecule has 20 heavy (non-hydrogen) atoms. The van der Waals surface area contributed by atoms with Crippen molar-refractivity contribution in [2.45, 2.75) is 24.5 Å². The van der Waals surface area contributed by atoms with Gasteiger partial charge in [0.05, 0.1) is 19.3 Å². The normalized spacial score (nSPS) is 32.9. The number of anilines is 1. The van der Waals surface area contributed by atoms with Gasteiger partial charge >= 0.3 is 0 Å². The fourth-order valence-electron chi connectivity index (χ4n) is 2.32. The molecule has 1 aromatic rings. The minimum Gasteiger partial charge on any atom is -0.394 e. The number of aromatic nitrogens is 2. The van der Waals surface area contributed by atoms with E-state index in [1.807, 2.05) is 0 Å². The van der Waals surface area contributed by atoms with Crippen LogP contribution in [0.5, 0.6) is 0 Å². The summed E-state index contributed by atoms with van der Waals surface area (Å²) in [5.41, 5.74) is 0.195. The van der Waals surface area contributed by atoms with Gasteiger partial charge in [0.15, 0.2) is 11.9 Å². The third-order valence-electron chi connectivity index (χ3n) is 3.38. The minimum absolute atomic E-state index is 0.00696. The Bertz CT molecular complexity index is 557. The lowest BCUT2D eigenvalue weighted by atomic mass is 10.1. The Balaban J connectivity index is 1.96. The second-order valence-corrected chi connectivity index (χ2v) is 4.62. The lowest BCUT2D eigenvalue weighted by Crippen LogP contribution is -2.33. The number of Topliss-reactive ketones (excluding diaryl/α,β-unsaturated/α-hetero) is 1. The Labute approximate surface area is 113 Å². The molecule has 3 heterocycles. The SMILES string of the molecule is O=C1CN=CNc2c1ncn2[C@@H]1O[C@H](CO)[C@@H](O)[C@H]1O. The number of nitrogens with one attached hydrogen (secondary N) is 1. The molecule has 2 aliphatic heterocycles. The maximum absolute atomic E-state index is 11.8. The maximum Gasteiger partial charge on any atom is 0.206 e. The van der Waals surface area contributed by atoms with Gasteiger partial charge in [-0.25, -0.2) is 4.98 Å². The molecule has 108 valence electrons. The molecule has 9 nitrogen and oxygen atoms in total. The van der Waals surface area contributed by atoms with Crippen molar-refractivity contribution < 1.29 is 24.9 Å². The fourth-order valence-corrected chi connectivity index (χ4v) is 2.32. The van der Waals surface area contributed by atoms with E-state index in [1.54, 1.807) is 0 Å². The van der Waals surface area contributed by atoms with E-state index in [9.17, 15) is 15.0 Å². The van der Waals surface area contributed by atoms with E-state index in [1.165, 1.54) is 17.2 Å². The number of hydrogen-bond acceptors (Lipinski definition) is 8. The number of rotatable bonds is 2. The second kappa shape index (κ2) is 4.94. The van der Waals surface area contributed by atoms with Crippen LogP contribution in [0.15, 0.2) is 11.3 Å². The molecule has 0 unspecified atom stereocenters. The predicted octanol–water partition coefficient (Wildman–Crippen LogP) is -1.87. The number of carbonyl (C=O) groups excluding carboxylic acids is 1. The van der Waals surface area contributed by atoms with Crippen LogP contribution in [0.2, 0.25) is 0 Å². The number of hydrogen-bond donors (Lipinski definition) is 4. The van der Waals surface area contributed by atoms with Gasteiger partial charge in [-0.15, -0.1) is 0 Å². The van der Waals surface area contributed by atoms with Crippen molar-refractivity contribution in [3.63, 3.8) is 0 Å². The van der Waals surface area contributed by atoms with Crippen LogP contribution in [-0.4, -0.2) is 68.5 Å². The standard InChI is InChI=1S/C11H14N4O5/c16-2-6-8(18)9(19)11(20-6)15-4-14-7-5(17)1-12-3-13-10(7)15/h3-4,6,8-9,11,16,18-19H,1-2H2,(H,12,13)/t6-,8-,9-,11-/m1/s1. The van der Waals surface area contributed by atoms with E-state index in [2.05, 4.69) is 15.3 Å². The number of carbonyl (C=O) groups is 1. The van der Waals surface area contributed by atoms with Crippen LogP contribution >= 0.6 is 0 Å². The second-order valence-electron chi connectivity index (χ2n) is 4.62. The number of ether oxygens (including phenoxy) is 1. The van der Waals surface area contributed by atoms with Crippen LogP contribution in [0.25, 0.3) is 0 Å². The summed E-state index contributed by atoms with van der Waals surface area (Å²) >= 11 is 0. The quantitative estimate of drug-likeness (QED) is 0.500. The monoisotopic (exact) mass is 282 g/mol. The zero-order valence-electron chi connectivity index (χ0n) is 10.4. The van der Waals surface area contributed by atoms with Gasteiger partial charge in [0.1, 0.15) is 30.7 Å². The predicted molar refractivity (Wildman–Crippen MR) is 66.5 cm³/mol. The van der Waals surface area contributed by atoms with Crippen LogP contribution < -0.4 is 5.32 Å². The molecule has 4 atom stereocenters. The highest BCUT2D eigenvalue weighted by Gasteiger charge is 2.44. The summed E-state index contributed by atoms with van der Waals surface area (Å²) in [6, 6.07) is 0. The average molecular weight is 282 g/mol. The van der Waals surface area contributed by atoms with Crippen LogP contribution in [-0.2, 0) is 4.74 Å². The van der Waals surface area contributed by atoms with Gasteiger partial charge in [-0.3, -0.25) is 14.4 Å². The molecule has 0 bridgehead atoms. The number of nitrogens with zero attached hydrogens (tertiary/aromatic N) is 3. The third-order valence-corrected chi connectivity index (χ3v) is 3.38. The first-order valence-electron chi connectivity index (χ1n) is 6.10. The zero-order valence-corrected chi connectivity index (χ0v) is 10.4. The van der Waals surface area contributed by atoms with Crippen LogP contribution in [0.4, 0.5) is 5.82 Å². The van der Waals surface area contributed by atoms with E-state index in [-0.39, 0.29) is 18.0 Å². The van der Waals surface area contributed by atoms with Gasteiger partial charge in [0.2, 0.25) is 5.78 Å². The van der Waals surface area contributed by atoms with E-state index in [0.717, 1.165) is 0 Å². The molecule has 0 radical (unpaired) electrons. The van der Waals surface area contributed by atoms with E-state index >= 15 is 0 Å². The molecule has 1 fully saturated rings. The van der Waals surface area contributed by atoms with Crippen molar-refractivity contribution in [3.8, 4) is 0 Å². The Kier molecular flexibility index (Phi) is 3.26. The molecule has 0 spiro atoms. The van der Waals surface area contributed by atoms with Gasteiger partial charge in [-0.2, -0.15) is 0 Å². The van der Waals surface area contributed by atoms with Crippen molar-refractivity contribution in [2.75, 3.05) is 18.5 Å². The molecule has 0 amide bonds. The summed E-state index contributed by atoms with van der Waals surface area (Å²) in [7, 11) is 0. The number of aliphatic hydroxyl groups excluding tert-OH is 3. The zero-order chi connectivity index (χ0) is 14.3. The highest BCUT2D eigenvalue weighted by molar-refractivity contribution is 6.04. The first-order chi connectivity index (χ1) is 9.63. The van der Waals surface area contributed by atoms with Crippen LogP contribution in [0, 0.1) is 0 Å². The largest absolute Gasteiger partial charge is 0.394 e. The van der Waals surface area contributed by atoms with E-state index in [0.29, 0.717) is 5.82 Å². The molecular weight excluding hydrogens is 268 g/mol. The lowest BCUT2D eigenvalue weighted by molar-refractivity contribution is -0.0518. The number of aliphatic imine (C=N–C) groups is 1. The molecule has 3 rings (SSSR count). The van der Waals surface area contributed by atoms with Gasteiger partial charge in [-0.05, 0) is 0 Å². The first kappa shape index (κ1) is 13.2. The lowest BCUT2D eigenvalue weighted by Gasteiger charge is -2.18. The van der Waals surface area contributed by atoms with Crippen molar-refractivity contribution in [1.29, 1.82) is 0 Å². The van der Waals surface area contributed by atoms with Crippen molar-refractivity contribution >= 4 is 17.9 Å². The molecule has 4 N–H and O–H groups in total. The van der Waals surface area contributed by atoms with Gasteiger partial charge in [-0.1, -0.05) is 0 Å². The van der Waals surface area contributed by atoms with Gasteiger partial charge in [0, 0.05) is 0 Å². The Morgan fingerprint density at radius 2 is 2.25 bits per heavy atom. The van der Waals surface area contributed by atoms with Crippen molar-refractivity contribution in [1.82, 2.24) is 9.55 Å². The molecular formula is C11H14N4O5. The van der Waals surface area contributed by atoms with Crippen LogP contribution in [0.3, 0.4) is 0 Å². The van der Waals surface area contributed by atoms with Gasteiger partial charge in [0.25, 0.3) is 0 Å². The summed E-state index contributed by atoms with van der Waals surface area (Å²) in [5, 5.41) is 31.6. The number of ketones is 1. The number of imidazole rings is 1. The smallest absolute Gasteiger partial charge is 0.206 e. The first-order valence-corrected chi connectivity index (χ1v) is 6.10. The summed E-state index contributed by atoms with van der Waals surface area (Å²) in [4.78, 5) is 19.6. The summed E-state index contributed by atoms with van der Waals surface area (Å²) in [6.07, 6.45) is -1.56. The van der Waals surface area contributed by atoms with E-state index in [4.69, 9.17) is 9.84 Å². The third kappa shape index (κ3) is 1.91. The summed E-state index contributed by atoms with van der Waals surface area (Å²) in [5.74, 6) is 0.0813. The molecule has 2 aliphatic rings. The van der Waals surface area contributed by atoms with Crippen molar-refractivity contribution in [2.24, 2.45) is 4.99 Å². The Morgan fingerprint density at radius 3 is 2.95 bits per heavy atom. The number of aliphatic hydroxyl groups is 3. The minimum atomic E-state index is -1.23. The molecule has 9 heteroatoms. The van der Waals surface area contributed by atoms with E-state index < -0.39 is 31.1 Å². The maximum atomic E-state index is 11.8. The molecule has 0 aliphatic carbocycles. The highest BCUT2D eigenvalue weighted by Crippen LogP contribution is 2.32. The Morgan fingerprint density at radius 1 is 1.45 bits per heavy atom. The number of fused-ring (bicyclic) bond motifs is 1. The average Bonchev–Trinajstić information content (AvgIpc) is 2.92.